The second kappa shape index (κ2) is 7.77. The van der Waals surface area contributed by atoms with Crippen LogP contribution in [-0.2, 0) is 9.53 Å². The van der Waals surface area contributed by atoms with Gasteiger partial charge < -0.3 is 20.7 Å². The molecule has 0 bridgehead atoms. The molecule has 0 aliphatic heterocycles. The van der Waals surface area contributed by atoms with E-state index in [0.29, 0.717) is 24.7 Å². The lowest BCUT2D eigenvalue weighted by Gasteiger charge is -2.26. The fraction of sp³-hybridized carbons (Fsp3) is 0.846. The molecule has 6 heteroatoms. The zero-order valence-corrected chi connectivity index (χ0v) is 12.7. The fourth-order valence-electron chi connectivity index (χ4n) is 2.32. The van der Waals surface area contributed by atoms with Crippen LogP contribution < -0.4 is 11.1 Å². The minimum atomic E-state index is -0.612. The summed E-state index contributed by atoms with van der Waals surface area (Å²) in [4.78, 5) is 14.6. The molecule has 0 unspecified atom stereocenters. The molecule has 1 rings (SSSR count). The van der Waals surface area contributed by atoms with Crippen LogP contribution in [0.1, 0.15) is 25.7 Å². The summed E-state index contributed by atoms with van der Waals surface area (Å²) in [6.45, 7) is 2.58. The van der Waals surface area contributed by atoms with Crippen molar-refractivity contribution in [1.29, 1.82) is 0 Å². The van der Waals surface area contributed by atoms with E-state index in [4.69, 9.17) is 22.7 Å². The number of nitrogens with two attached hydrogens (primary N) is 1. The summed E-state index contributed by atoms with van der Waals surface area (Å²) in [6.07, 6.45) is 3.58. The maximum Gasteiger partial charge on any atom is 0.233 e. The number of hydrogen-bond donors (Lipinski definition) is 2. The van der Waals surface area contributed by atoms with Crippen LogP contribution in [0.2, 0.25) is 0 Å². The Morgan fingerprint density at radius 3 is 2.53 bits per heavy atom. The standard InChI is InChI=1S/C13H25N3O2S/c1-16(2)8-10-18-9-7-15-12(17)13(11(14)19)5-3-4-6-13/h3-10H2,1-2H3,(H2,14,19)(H,15,17). The van der Waals surface area contributed by atoms with E-state index in [-0.39, 0.29) is 5.91 Å². The van der Waals surface area contributed by atoms with E-state index < -0.39 is 5.41 Å². The second-order valence-electron chi connectivity index (χ2n) is 5.33. The zero-order valence-electron chi connectivity index (χ0n) is 11.9. The molecule has 0 aromatic heterocycles. The molecular weight excluding hydrogens is 262 g/mol. The Balaban J connectivity index is 2.25. The number of carbonyl (C=O) groups excluding carboxylic acids is 1. The monoisotopic (exact) mass is 287 g/mol. The summed E-state index contributed by atoms with van der Waals surface area (Å²) in [5, 5.41) is 2.89. The minimum Gasteiger partial charge on any atom is -0.392 e. The molecule has 3 N–H and O–H groups in total. The van der Waals surface area contributed by atoms with Gasteiger partial charge in [-0.3, -0.25) is 4.79 Å². The van der Waals surface area contributed by atoms with Gasteiger partial charge in [0.05, 0.1) is 23.6 Å². The lowest BCUT2D eigenvalue weighted by molar-refractivity contribution is -0.127. The van der Waals surface area contributed by atoms with Crippen LogP contribution in [0.3, 0.4) is 0 Å². The van der Waals surface area contributed by atoms with E-state index in [1.54, 1.807) is 0 Å². The Kier molecular flexibility index (Phi) is 6.68. The van der Waals surface area contributed by atoms with Crippen molar-refractivity contribution in [2.75, 3.05) is 40.4 Å². The predicted octanol–water partition coefficient (Wildman–Crippen LogP) is 0.527. The SMILES string of the molecule is CN(C)CCOCCNC(=O)C1(C(N)=S)CCCC1. The van der Waals surface area contributed by atoms with E-state index >= 15 is 0 Å². The van der Waals surface area contributed by atoms with Gasteiger partial charge in [-0.25, -0.2) is 0 Å². The van der Waals surface area contributed by atoms with Crippen molar-refractivity contribution in [3.63, 3.8) is 0 Å². The van der Waals surface area contributed by atoms with Crippen LogP contribution in [0, 0.1) is 5.41 Å². The van der Waals surface area contributed by atoms with Crippen molar-refractivity contribution in [1.82, 2.24) is 10.2 Å². The quantitative estimate of drug-likeness (QED) is 0.503. The normalized spacial score (nSPS) is 17.6. The Labute approximate surface area is 120 Å². The van der Waals surface area contributed by atoms with Gasteiger partial charge in [-0.1, -0.05) is 25.1 Å². The van der Waals surface area contributed by atoms with E-state index in [1.807, 2.05) is 14.1 Å². The van der Waals surface area contributed by atoms with Crippen LogP contribution in [0.25, 0.3) is 0 Å². The summed E-state index contributed by atoms with van der Waals surface area (Å²) < 4.78 is 5.43. The second-order valence-corrected chi connectivity index (χ2v) is 5.76. The molecule has 0 aromatic rings. The highest BCUT2D eigenvalue weighted by molar-refractivity contribution is 7.80. The van der Waals surface area contributed by atoms with Gasteiger partial charge >= 0.3 is 0 Å². The first-order valence-corrected chi connectivity index (χ1v) is 7.20. The molecule has 1 aliphatic rings. The number of rotatable bonds is 8. The molecule has 1 saturated carbocycles. The molecule has 1 amide bonds. The Hall–Kier alpha value is -0.720. The highest BCUT2D eigenvalue weighted by Crippen LogP contribution is 2.38. The van der Waals surface area contributed by atoms with Gasteiger partial charge in [-0.05, 0) is 26.9 Å². The van der Waals surface area contributed by atoms with Gasteiger partial charge in [0.1, 0.15) is 0 Å². The van der Waals surface area contributed by atoms with E-state index in [0.717, 1.165) is 32.2 Å². The van der Waals surface area contributed by atoms with Gasteiger partial charge in [0.2, 0.25) is 5.91 Å². The summed E-state index contributed by atoms with van der Waals surface area (Å²) in [7, 11) is 3.99. The van der Waals surface area contributed by atoms with Crippen molar-refractivity contribution in [3.8, 4) is 0 Å². The van der Waals surface area contributed by atoms with Gasteiger partial charge in [0.25, 0.3) is 0 Å². The van der Waals surface area contributed by atoms with Crippen LogP contribution in [0.15, 0.2) is 0 Å². The van der Waals surface area contributed by atoms with Crippen molar-refractivity contribution in [3.05, 3.63) is 0 Å². The zero-order chi connectivity index (χ0) is 14.3. The van der Waals surface area contributed by atoms with Gasteiger partial charge in [-0.15, -0.1) is 0 Å². The molecule has 1 aliphatic carbocycles. The highest BCUT2D eigenvalue weighted by Gasteiger charge is 2.43. The molecular formula is C13H25N3O2S. The first-order valence-electron chi connectivity index (χ1n) is 6.80. The van der Waals surface area contributed by atoms with Crippen LogP contribution in [0.5, 0.6) is 0 Å². The van der Waals surface area contributed by atoms with Crippen LogP contribution in [0.4, 0.5) is 0 Å². The summed E-state index contributed by atoms with van der Waals surface area (Å²) in [5.74, 6) is -0.0336. The van der Waals surface area contributed by atoms with Crippen molar-refractivity contribution >= 4 is 23.1 Å². The van der Waals surface area contributed by atoms with E-state index in [2.05, 4.69) is 10.2 Å². The van der Waals surface area contributed by atoms with Crippen molar-refractivity contribution < 1.29 is 9.53 Å². The van der Waals surface area contributed by atoms with Gasteiger partial charge in [0.15, 0.2) is 0 Å². The van der Waals surface area contributed by atoms with E-state index in [1.165, 1.54) is 0 Å². The van der Waals surface area contributed by atoms with E-state index in [9.17, 15) is 4.79 Å². The first kappa shape index (κ1) is 16.3. The smallest absolute Gasteiger partial charge is 0.233 e. The number of amides is 1. The molecule has 0 saturated heterocycles. The Bertz CT molecular complexity index is 315. The largest absolute Gasteiger partial charge is 0.392 e. The molecule has 0 atom stereocenters. The average molecular weight is 287 g/mol. The molecule has 0 aromatic carbocycles. The Morgan fingerprint density at radius 1 is 1.37 bits per heavy atom. The third kappa shape index (κ3) is 4.71. The molecule has 0 heterocycles. The Morgan fingerprint density at radius 2 is 2.00 bits per heavy atom. The molecule has 19 heavy (non-hydrogen) atoms. The first-order chi connectivity index (χ1) is 8.99. The third-order valence-electron chi connectivity index (χ3n) is 3.58. The fourth-order valence-corrected chi connectivity index (χ4v) is 2.62. The third-order valence-corrected chi connectivity index (χ3v) is 3.97. The van der Waals surface area contributed by atoms with Crippen LogP contribution in [-0.4, -0.2) is 56.2 Å². The molecule has 0 radical (unpaired) electrons. The topological polar surface area (TPSA) is 67.6 Å². The number of thiocarbonyl (C=S) groups is 1. The van der Waals surface area contributed by atoms with Gasteiger partial charge in [-0.2, -0.15) is 0 Å². The average Bonchev–Trinajstić information content (AvgIpc) is 2.83. The number of hydrogen-bond acceptors (Lipinski definition) is 4. The molecule has 5 nitrogen and oxygen atoms in total. The van der Waals surface area contributed by atoms with Crippen molar-refractivity contribution in [2.24, 2.45) is 11.1 Å². The van der Waals surface area contributed by atoms with Crippen LogP contribution >= 0.6 is 12.2 Å². The number of carbonyl (C=O) groups is 1. The minimum absolute atomic E-state index is 0.0336. The summed E-state index contributed by atoms with van der Waals surface area (Å²) >= 11 is 5.07. The number of nitrogens with one attached hydrogen (secondary N) is 1. The maximum atomic E-state index is 12.2. The maximum absolute atomic E-state index is 12.2. The highest BCUT2D eigenvalue weighted by atomic mass is 32.1. The summed E-state index contributed by atoms with van der Waals surface area (Å²) in [6, 6.07) is 0. The lowest BCUT2D eigenvalue weighted by Crippen LogP contribution is -2.48. The number of ether oxygens (including phenoxy) is 1. The molecule has 110 valence electrons. The number of nitrogens with zero attached hydrogens (tertiary/aromatic N) is 1. The van der Waals surface area contributed by atoms with Gasteiger partial charge in [0, 0.05) is 13.1 Å². The number of likely N-dealkylation sites (N-methyl/N-ethyl adjacent to an activating group) is 1. The summed E-state index contributed by atoms with van der Waals surface area (Å²) in [5.41, 5.74) is 5.14. The van der Waals surface area contributed by atoms with Crippen molar-refractivity contribution in [2.45, 2.75) is 25.7 Å². The molecule has 1 fully saturated rings. The molecule has 0 spiro atoms. The lowest BCUT2D eigenvalue weighted by atomic mass is 9.85. The predicted molar refractivity (Wildman–Crippen MR) is 80.1 cm³/mol.